The molecule has 1 aromatic rings. The van der Waals surface area contributed by atoms with Crippen LogP contribution in [0, 0.1) is 11.7 Å². The van der Waals surface area contributed by atoms with Crippen LogP contribution in [0.25, 0.3) is 0 Å². The molecule has 0 spiro atoms. The van der Waals surface area contributed by atoms with Gasteiger partial charge in [0.05, 0.1) is 18.4 Å². The monoisotopic (exact) mass is 344 g/mol. The molecule has 0 unspecified atom stereocenters. The number of carbonyl (C=O) groups excluding carboxylic acids is 2. The van der Waals surface area contributed by atoms with Gasteiger partial charge in [-0.3, -0.25) is 4.79 Å². The van der Waals surface area contributed by atoms with Gasteiger partial charge in [-0.1, -0.05) is 0 Å². The van der Waals surface area contributed by atoms with E-state index in [0.717, 1.165) is 38.4 Å². The second kappa shape index (κ2) is 9.47. The Balaban J connectivity index is 0.00000264. The van der Waals surface area contributed by atoms with Crippen LogP contribution in [0.5, 0.6) is 0 Å². The second-order valence-electron chi connectivity index (χ2n) is 5.47. The standard InChI is InChI=1S/C16H21FN2O3.ClH/c1-22-16(21)12-3-4-13(17)14(10-12)19-15(20)5-2-11-6-8-18-9-7-11;/h3-4,10-11,18H,2,5-9H2,1H3,(H,19,20);1H. The Hall–Kier alpha value is -1.66. The molecule has 0 radical (unpaired) electrons. The molecule has 1 amide bonds. The molecule has 128 valence electrons. The maximum atomic E-state index is 13.7. The van der Waals surface area contributed by atoms with Crippen molar-refractivity contribution in [3.63, 3.8) is 0 Å². The average molecular weight is 345 g/mol. The van der Waals surface area contributed by atoms with Gasteiger partial charge < -0.3 is 15.4 Å². The van der Waals surface area contributed by atoms with Gasteiger partial charge >= 0.3 is 5.97 Å². The predicted octanol–water partition coefficient (Wildman–Crippen LogP) is 2.75. The molecular formula is C16H22ClFN2O3. The van der Waals surface area contributed by atoms with Gasteiger partial charge in [0, 0.05) is 6.42 Å². The maximum absolute atomic E-state index is 13.7. The van der Waals surface area contributed by atoms with E-state index in [9.17, 15) is 14.0 Å². The lowest BCUT2D eigenvalue weighted by Crippen LogP contribution is -2.28. The fourth-order valence-corrected chi connectivity index (χ4v) is 2.58. The molecule has 0 aliphatic carbocycles. The summed E-state index contributed by atoms with van der Waals surface area (Å²) in [5.74, 6) is -0.828. The Kier molecular flexibility index (Phi) is 7.98. The fourth-order valence-electron chi connectivity index (χ4n) is 2.58. The summed E-state index contributed by atoms with van der Waals surface area (Å²) in [4.78, 5) is 23.4. The van der Waals surface area contributed by atoms with Gasteiger partial charge in [0.2, 0.25) is 5.91 Å². The van der Waals surface area contributed by atoms with Crippen molar-refractivity contribution in [3.05, 3.63) is 29.6 Å². The number of piperidine rings is 1. The molecule has 0 atom stereocenters. The van der Waals surface area contributed by atoms with Crippen LogP contribution < -0.4 is 10.6 Å². The first-order chi connectivity index (χ1) is 10.6. The number of amides is 1. The summed E-state index contributed by atoms with van der Waals surface area (Å²) in [6.07, 6.45) is 3.29. The Morgan fingerprint density at radius 1 is 1.35 bits per heavy atom. The highest BCUT2D eigenvalue weighted by molar-refractivity contribution is 5.94. The van der Waals surface area contributed by atoms with E-state index in [2.05, 4.69) is 15.4 Å². The van der Waals surface area contributed by atoms with E-state index in [1.165, 1.54) is 19.2 Å². The number of anilines is 1. The minimum atomic E-state index is -0.567. The number of esters is 1. The smallest absolute Gasteiger partial charge is 0.337 e. The third-order valence-electron chi connectivity index (χ3n) is 3.90. The lowest BCUT2D eigenvalue weighted by molar-refractivity contribution is -0.116. The quantitative estimate of drug-likeness (QED) is 0.806. The predicted molar refractivity (Wildman–Crippen MR) is 88.4 cm³/mol. The van der Waals surface area contributed by atoms with Crippen molar-refractivity contribution in [1.82, 2.24) is 5.32 Å². The topological polar surface area (TPSA) is 67.4 Å². The zero-order valence-electron chi connectivity index (χ0n) is 13.1. The van der Waals surface area contributed by atoms with Gasteiger partial charge in [-0.25, -0.2) is 9.18 Å². The summed E-state index contributed by atoms with van der Waals surface area (Å²) in [5.41, 5.74) is 0.218. The molecule has 1 fully saturated rings. The van der Waals surface area contributed by atoms with Gasteiger partial charge in [-0.05, 0) is 56.5 Å². The van der Waals surface area contributed by atoms with E-state index in [4.69, 9.17) is 0 Å². The minimum Gasteiger partial charge on any atom is -0.465 e. The third-order valence-corrected chi connectivity index (χ3v) is 3.90. The summed E-state index contributed by atoms with van der Waals surface area (Å²) in [5, 5.41) is 5.81. The number of rotatable bonds is 5. The van der Waals surface area contributed by atoms with Crippen molar-refractivity contribution in [1.29, 1.82) is 0 Å². The van der Waals surface area contributed by atoms with Crippen molar-refractivity contribution in [2.24, 2.45) is 5.92 Å². The number of carbonyl (C=O) groups is 2. The van der Waals surface area contributed by atoms with Gasteiger partial charge in [-0.15, -0.1) is 12.4 Å². The summed E-state index contributed by atoms with van der Waals surface area (Å²) in [7, 11) is 1.25. The van der Waals surface area contributed by atoms with E-state index < -0.39 is 11.8 Å². The molecule has 1 aliphatic heterocycles. The zero-order chi connectivity index (χ0) is 15.9. The van der Waals surface area contributed by atoms with Gasteiger partial charge in [0.1, 0.15) is 5.82 Å². The second-order valence-corrected chi connectivity index (χ2v) is 5.47. The summed E-state index contributed by atoms with van der Waals surface area (Å²) in [6, 6.07) is 3.77. The Labute approximate surface area is 141 Å². The van der Waals surface area contributed by atoms with E-state index in [1.807, 2.05) is 0 Å². The van der Waals surface area contributed by atoms with Crippen LogP contribution in [0.3, 0.4) is 0 Å². The van der Waals surface area contributed by atoms with Crippen LogP contribution in [0.2, 0.25) is 0 Å². The van der Waals surface area contributed by atoms with E-state index in [1.54, 1.807) is 0 Å². The number of benzene rings is 1. The Morgan fingerprint density at radius 2 is 2.04 bits per heavy atom. The number of hydrogen-bond donors (Lipinski definition) is 2. The molecule has 1 saturated heterocycles. The molecule has 1 aromatic carbocycles. The minimum absolute atomic E-state index is 0. The summed E-state index contributed by atoms with van der Waals surface area (Å²) in [6.45, 7) is 1.98. The highest BCUT2D eigenvalue weighted by atomic mass is 35.5. The largest absolute Gasteiger partial charge is 0.465 e. The van der Waals surface area contributed by atoms with Crippen LogP contribution in [-0.2, 0) is 9.53 Å². The Morgan fingerprint density at radius 3 is 2.70 bits per heavy atom. The lowest BCUT2D eigenvalue weighted by Gasteiger charge is -2.22. The maximum Gasteiger partial charge on any atom is 0.337 e. The Bertz CT molecular complexity index is 548. The van der Waals surface area contributed by atoms with Crippen molar-refractivity contribution >= 4 is 30.0 Å². The number of methoxy groups -OCH3 is 1. The number of hydrogen-bond acceptors (Lipinski definition) is 4. The number of nitrogens with one attached hydrogen (secondary N) is 2. The van der Waals surface area contributed by atoms with Crippen molar-refractivity contribution < 1.29 is 18.7 Å². The van der Waals surface area contributed by atoms with Crippen molar-refractivity contribution in [2.75, 3.05) is 25.5 Å². The van der Waals surface area contributed by atoms with Gasteiger partial charge in [0.15, 0.2) is 0 Å². The van der Waals surface area contributed by atoms with Crippen molar-refractivity contribution in [2.45, 2.75) is 25.7 Å². The molecule has 1 heterocycles. The molecule has 0 aromatic heterocycles. The first kappa shape index (κ1) is 19.4. The van der Waals surface area contributed by atoms with Crippen molar-refractivity contribution in [3.8, 4) is 0 Å². The normalized spacial score (nSPS) is 14.7. The van der Waals surface area contributed by atoms with Crippen LogP contribution >= 0.6 is 12.4 Å². The molecule has 7 heteroatoms. The first-order valence-electron chi connectivity index (χ1n) is 7.48. The highest BCUT2D eigenvalue weighted by Gasteiger charge is 2.16. The van der Waals surface area contributed by atoms with E-state index in [-0.39, 0.29) is 29.6 Å². The summed E-state index contributed by atoms with van der Waals surface area (Å²) >= 11 is 0. The summed E-state index contributed by atoms with van der Waals surface area (Å²) < 4.78 is 18.3. The molecule has 1 aliphatic rings. The SMILES string of the molecule is COC(=O)c1ccc(F)c(NC(=O)CCC2CCNCC2)c1.Cl. The zero-order valence-corrected chi connectivity index (χ0v) is 13.9. The fraction of sp³-hybridized carbons (Fsp3) is 0.500. The van der Waals surface area contributed by atoms with E-state index in [0.29, 0.717) is 12.3 Å². The molecular weight excluding hydrogens is 323 g/mol. The van der Waals surface area contributed by atoms with Gasteiger partial charge in [-0.2, -0.15) is 0 Å². The highest BCUT2D eigenvalue weighted by Crippen LogP contribution is 2.20. The molecule has 2 N–H and O–H groups in total. The average Bonchev–Trinajstić information content (AvgIpc) is 2.55. The van der Waals surface area contributed by atoms with E-state index >= 15 is 0 Å². The van der Waals surface area contributed by atoms with Crippen LogP contribution in [0.15, 0.2) is 18.2 Å². The lowest BCUT2D eigenvalue weighted by atomic mass is 9.93. The molecule has 2 rings (SSSR count). The number of ether oxygens (including phenoxy) is 1. The molecule has 23 heavy (non-hydrogen) atoms. The molecule has 0 saturated carbocycles. The van der Waals surface area contributed by atoms with Crippen LogP contribution in [-0.4, -0.2) is 32.1 Å². The van der Waals surface area contributed by atoms with Gasteiger partial charge in [0.25, 0.3) is 0 Å². The number of halogens is 2. The molecule has 0 bridgehead atoms. The van der Waals surface area contributed by atoms with Crippen LogP contribution in [0.4, 0.5) is 10.1 Å². The first-order valence-corrected chi connectivity index (χ1v) is 7.48. The third kappa shape index (κ3) is 5.80. The van der Waals surface area contributed by atoms with Crippen LogP contribution in [0.1, 0.15) is 36.0 Å². The molecule has 5 nitrogen and oxygen atoms in total.